The van der Waals surface area contributed by atoms with Crippen LogP contribution < -0.4 is 11.3 Å². The van der Waals surface area contributed by atoms with Crippen LogP contribution in [0.5, 0.6) is 0 Å². The van der Waals surface area contributed by atoms with Crippen molar-refractivity contribution in [2.75, 3.05) is 0 Å². The Bertz CT molecular complexity index is 367. The molecule has 0 spiro atoms. The number of para-hydroxylation sites is 1. The van der Waals surface area contributed by atoms with E-state index in [1.165, 1.54) is 0 Å². The number of hydrogen-bond acceptors (Lipinski definition) is 3. The summed E-state index contributed by atoms with van der Waals surface area (Å²) >= 11 is 0. The molecule has 0 atom stereocenters. The lowest BCUT2D eigenvalue weighted by atomic mass is 10.1. The van der Waals surface area contributed by atoms with Gasteiger partial charge in [0.2, 0.25) is 0 Å². The molecule has 1 rings (SSSR count). The van der Waals surface area contributed by atoms with Crippen molar-refractivity contribution in [3.05, 3.63) is 29.8 Å². The van der Waals surface area contributed by atoms with E-state index in [-0.39, 0.29) is 5.91 Å². The maximum atomic E-state index is 11.3. The Labute approximate surface area is 82.8 Å². The lowest BCUT2D eigenvalue weighted by Gasteiger charge is -2.03. The molecule has 0 saturated carbocycles. The van der Waals surface area contributed by atoms with E-state index in [1.807, 2.05) is 19.9 Å². The second-order valence-corrected chi connectivity index (χ2v) is 3.05. The topological polar surface area (TPSA) is 67.5 Å². The SMILES string of the molecule is CC(C)=Nc1ccccc1C(=O)NN. The Balaban J connectivity index is 3.16. The molecule has 0 aromatic heterocycles. The maximum Gasteiger partial charge on any atom is 0.267 e. The minimum atomic E-state index is -0.328. The monoisotopic (exact) mass is 191 g/mol. The highest BCUT2D eigenvalue weighted by Gasteiger charge is 2.07. The first-order valence-corrected chi connectivity index (χ1v) is 4.27. The number of hydrazine groups is 1. The first kappa shape index (κ1) is 10.4. The summed E-state index contributed by atoms with van der Waals surface area (Å²) in [6.45, 7) is 3.74. The summed E-state index contributed by atoms with van der Waals surface area (Å²) in [7, 11) is 0. The van der Waals surface area contributed by atoms with Crippen molar-refractivity contribution in [2.24, 2.45) is 10.8 Å². The zero-order valence-electron chi connectivity index (χ0n) is 8.24. The summed E-state index contributed by atoms with van der Waals surface area (Å²) in [5.41, 5.74) is 4.09. The Morgan fingerprint density at radius 2 is 2.00 bits per heavy atom. The van der Waals surface area contributed by atoms with E-state index >= 15 is 0 Å². The van der Waals surface area contributed by atoms with Crippen LogP contribution in [0.2, 0.25) is 0 Å². The zero-order chi connectivity index (χ0) is 10.6. The van der Waals surface area contributed by atoms with Gasteiger partial charge in [-0.15, -0.1) is 0 Å². The highest BCUT2D eigenvalue weighted by Crippen LogP contribution is 2.18. The van der Waals surface area contributed by atoms with Gasteiger partial charge in [-0.05, 0) is 26.0 Å². The molecule has 3 N–H and O–H groups in total. The number of aliphatic imine (C=N–C) groups is 1. The Morgan fingerprint density at radius 1 is 1.36 bits per heavy atom. The summed E-state index contributed by atoms with van der Waals surface area (Å²) in [5.74, 6) is 4.73. The van der Waals surface area contributed by atoms with Gasteiger partial charge in [-0.2, -0.15) is 0 Å². The van der Waals surface area contributed by atoms with E-state index in [0.29, 0.717) is 11.3 Å². The van der Waals surface area contributed by atoms with Gasteiger partial charge in [-0.3, -0.25) is 15.2 Å². The molecule has 0 radical (unpaired) electrons. The number of amides is 1. The Morgan fingerprint density at radius 3 is 2.57 bits per heavy atom. The number of nitrogens with two attached hydrogens (primary N) is 1. The van der Waals surface area contributed by atoms with E-state index in [4.69, 9.17) is 5.84 Å². The van der Waals surface area contributed by atoms with Gasteiger partial charge in [0.15, 0.2) is 0 Å². The third kappa shape index (κ3) is 2.40. The van der Waals surface area contributed by atoms with Crippen LogP contribution >= 0.6 is 0 Å². The lowest BCUT2D eigenvalue weighted by molar-refractivity contribution is 0.0954. The van der Waals surface area contributed by atoms with Crippen LogP contribution in [0.1, 0.15) is 24.2 Å². The Hall–Kier alpha value is -1.68. The van der Waals surface area contributed by atoms with Gasteiger partial charge in [0, 0.05) is 5.71 Å². The number of carbonyl (C=O) groups excluding carboxylic acids is 1. The van der Waals surface area contributed by atoms with Gasteiger partial charge >= 0.3 is 0 Å². The van der Waals surface area contributed by atoms with Crippen LogP contribution in [0.15, 0.2) is 29.3 Å². The van der Waals surface area contributed by atoms with E-state index < -0.39 is 0 Å². The van der Waals surface area contributed by atoms with Crippen molar-refractivity contribution in [1.29, 1.82) is 0 Å². The van der Waals surface area contributed by atoms with Gasteiger partial charge in [-0.25, -0.2) is 5.84 Å². The maximum absolute atomic E-state index is 11.3. The molecule has 1 aromatic rings. The predicted molar refractivity (Wildman–Crippen MR) is 56.5 cm³/mol. The van der Waals surface area contributed by atoms with Crippen molar-refractivity contribution in [3.63, 3.8) is 0 Å². The molecule has 4 nitrogen and oxygen atoms in total. The fraction of sp³-hybridized carbons (Fsp3) is 0.200. The quantitative estimate of drug-likeness (QED) is 0.321. The average Bonchev–Trinajstić information content (AvgIpc) is 2.16. The normalized spacial score (nSPS) is 9.36. The van der Waals surface area contributed by atoms with Crippen molar-refractivity contribution in [2.45, 2.75) is 13.8 Å². The molecular weight excluding hydrogens is 178 g/mol. The fourth-order valence-corrected chi connectivity index (χ4v) is 1.08. The molecule has 1 aromatic carbocycles. The minimum absolute atomic E-state index is 0.328. The molecule has 0 aliphatic rings. The molecule has 14 heavy (non-hydrogen) atoms. The molecule has 4 heteroatoms. The van der Waals surface area contributed by atoms with Crippen LogP contribution in [0, 0.1) is 0 Å². The highest BCUT2D eigenvalue weighted by molar-refractivity contribution is 5.99. The van der Waals surface area contributed by atoms with Crippen LogP contribution in [0.4, 0.5) is 5.69 Å². The third-order valence-corrected chi connectivity index (χ3v) is 1.62. The highest BCUT2D eigenvalue weighted by atomic mass is 16.2. The average molecular weight is 191 g/mol. The second-order valence-electron chi connectivity index (χ2n) is 3.05. The van der Waals surface area contributed by atoms with Gasteiger partial charge in [0.25, 0.3) is 5.91 Å². The van der Waals surface area contributed by atoms with Crippen LogP contribution in [0.3, 0.4) is 0 Å². The Kier molecular flexibility index (Phi) is 3.36. The number of benzene rings is 1. The fourth-order valence-electron chi connectivity index (χ4n) is 1.08. The number of nitrogen functional groups attached to an aromatic ring is 1. The van der Waals surface area contributed by atoms with Crippen molar-refractivity contribution in [1.82, 2.24) is 5.43 Å². The summed E-state index contributed by atoms with van der Waals surface area (Å²) in [5, 5.41) is 0. The van der Waals surface area contributed by atoms with E-state index in [0.717, 1.165) is 5.71 Å². The van der Waals surface area contributed by atoms with Gasteiger partial charge < -0.3 is 0 Å². The molecule has 0 aliphatic heterocycles. The number of rotatable bonds is 2. The molecule has 0 unspecified atom stereocenters. The zero-order valence-corrected chi connectivity index (χ0v) is 8.24. The summed E-state index contributed by atoms with van der Waals surface area (Å²) in [4.78, 5) is 15.5. The largest absolute Gasteiger partial charge is 0.290 e. The van der Waals surface area contributed by atoms with Crippen molar-refractivity contribution in [3.8, 4) is 0 Å². The van der Waals surface area contributed by atoms with Gasteiger partial charge in [0.1, 0.15) is 0 Å². The number of nitrogens with zero attached hydrogens (tertiary/aromatic N) is 1. The summed E-state index contributed by atoms with van der Waals surface area (Å²) in [6, 6.07) is 7.06. The summed E-state index contributed by atoms with van der Waals surface area (Å²) < 4.78 is 0. The third-order valence-electron chi connectivity index (χ3n) is 1.62. The van der Waals surface area contributed by atoms with Gasteiger partial charge in [-0.1, -0.05) is 12.1 Å². The van der Waals surface area contributed by atoms with E-state index in [2.05, 4.69) is 10.4 Å². The van der Waals surface area contributed by atoms with Crippen LogP contribution in [0.25, 0.3) is 0 Å². The first-order valence-electron chi connectivity index (χ1n) is 4.27. The molecule has 74 valence electrons. The van der Waals surface area contributed by atoms with Crippen LogP contribution in [-0.2, 0) is 0 Å². The number of carbonyl (C=O) groups is 1. The molecule has 0 bridgehead atoms. The number of nitrogens with one attached hydrogen (secondary N) is 1. The summed E-state index contributed by atoms with van der Waals surface area (Å²) in [6.07, 6.45) is 0. The molecule has 0 aliphatic carbocycles. The van der Waals surface area contributed by atoms with E-state index in [9.17, 15) is 4.79 Å². The van der Waals surface area contributed by atoms with E-state index in [1.54, 1.807) is 18.2 Å². The predicted octanol–water partition coefficient (Wildman–Crippen LogP) is 1.40. The smallest absolute Gasteiger partial charge is 0.267 e. The minimum Gasteiger partial charge on any atom is -0.290 e. The molecule has 0 saturated heterocycles. The first-order chi connectivity index (χ1) is 6.65. The van der Waals surface area contributed by atoms with Crippen molar-refractivity contribution < 1.29 is 4.79 Å². The molecule has 0 heterocycles. The molecule has 0 fully saturated rings. The number of hydrogen-bond donors (Lipinski definition) is 2. The standard InChI is InChI=1S/C10H13N3O/c1-7(2)12-9-6-4-3-5-8(9)10(14)13-11/h3-6H,11H2,1-2H3,(H,13,14). The van der Waals surface area contributed by atoms with Gasteiger partial charge in [0.05, 0.1) is 11.3 Å². The van der Waals surface area contributed by atoms with Crippen molar-refractivity contribution >= 4 is 17.3 Å². The molecule has 1 amide bonds. The molecular formula is C10H13N3O. The second kappa shape index (κ2) is 4.53. The lowest BCUT2D eigenvalue weighted by Crippen LogP contribution is -2.30. The van der Waals surface area contributed by atoms with Crippen LogP contribution in [-0.4, -0.2) is 11.6 Å².